The number of ether oxygens (including phenoxy) is 1. The topological polar surface area (TPSA) is 72.5 Å². The molecule has 6 heteroatoms. The van der Waals surface area contributed by atoms with E-state index in [1.54, 1.807) is 0 Å². The van der Waals surface area contributed by atoms with Crippen LogP contribution in [0.15, 0.2) is 18.2 Å². The Morgan fingerprint density at radius 3 is 2.57 bits per heavy atom. The fourth-order valence-electron chi connectivity index (χ4n) is 1.99. The van der Waals surface area contributed by atoms with Crippen molar-refractivity contribution in [1.29, 1.82) is 0 Å². The number of rotatable bonds is 5. The molecule has 2 atom stereocenters. The fraction of sp³-hybridized carbons (Fsp3) is 0.400. The van der Waals surface area contributed by atoms with Crippen molar-refractivity contribution in [3.8, 4) is 0 Å². The first-order chi connectivity index (χ1) is 9.88. The number of anilines is 1. The summed E-state index contributed by atoms with van der Waals surface area (Å²) >= 11 is 0. The second-order valence-corrected chi connectivity index (χ2v) is 5.23. The number of carbonyl (C=O) groups is 3. The van der Waals surface area contributed by atoms with Crippen LogP contribution >= 0.6 is 0 Å². The van der Waals surface area contributed by atoms with Crippen LogP contribution in [-0.2, 0) is 14.3 Å². The van der Waals surface area contributed by atoms with Crippen molar-refractivity contribution in [1.82, 2.24) is 0 Å². The summed E-state index contributed by atoms with van der Waals surface area (Å²) in [5.74, 6) is -1.95. The van der Waals surface area contributed by atoms with Gasteiger partial charge in [0.1, 0.15) is 5.82 Å². The molecular formula is C15H16FNO4. The number of hydrogen-bond donors (Lipinski definition) is 1. The molecule has 1 aliphatic rings. The summed E-state index contributed by atoms with van der Waals surface area (Å²) in [6, 6.07) is 3.73. The predicted octanol–water partition coefficient (Wildman–Crippen LogP) is 2.17. The van der Waals surface area contributed by atoms with E-state index < -0.39 is 24.2 Å². The van der Waals surface area contributed by atoms with E-state index in [-0.39, 0.29) is 23.1 Å². The first kappa shape index (κ1) is 15.2. The second-order valence-electron chi connectivity index (χ2n) is 5.23. The maximum absolute atomic E-state index is 13.8. The molecular weight excluding hydrogens is 277 g/mol. The van der Waals surface area contributed by atoms with E-state index in [9.17, 15) is 18.8 Å². The van der Waals surface area contributed by atoms with Crippen molar-refractivity contribution in [2.45, 2.75) is 20.3 Å². The molecule has 0 aliphatic heterocycles. The highest BCUT2D eigenvalue weighted by atomic mass is 19.1. The van der Waals surface area contributed by atoms with E-state index in [0.717, 1.165) is 12.5 Å². The number of amides is 1. The molecule has 112 valence electrons. The number of esters is 1. The van der Waals surface area contributed by atoms with E-state index >= 15 is 0 Å². The summed E-state index contributed by atoms with van der Waals surface area (Å²) in [6.45, 7) is 2.75. The Bertz CT molecular complexity index is 599. The van der Waals surface area contributed by atoms with Crippen LogP contribution in [0.25, 0.3) is 0 Å². The average Bonchev–Trinajstić information content (AvgIpc) is 3.12. The summed E-state index contributed by atoms with van der Waals surface area (Å²) in [7, 11) is 0. The molecule has 0 aromatic heterocycles. The largest absolute Gasteiger partial charge is 0.457 e. The van der Waals surface area contributed by atoms with Gasteiger partial charge in [-0.05, 0) is 30.5 Å². The molecule has 1 fully saturated rings. The minimum absolute atomic E-state index is 0.134. The number of ketones is 1. The highest BCUT2D eigenvalue weighted by Gasteiger charge is 2.40. The third-order valence-corrected chi connectivity index (χ3v) is 3.35. The zero-order valence-electron chi connectivity index (χ0n) is 11.8. The lowest BCUT2D eigenvalue weighted by Gasteiger charge is -2.07. The molecule has 1 aromatic carbocycles. The molecule has 21 heavy (non-hydrogen) atoms. The van der Waals surface area contributed by atoms with Crippen molar-refractivity contribution in [2.75, 3.05) is 11.9 Å². The monoisotopic (exact) mass is 293 g/mol. The van der Waals surface area contributed by atoms with Gasteiger partial charge in [0.05, 0.1) is 11.5 Å². The van der Waals surface area contributed by atoms with Gasteiger partial charge in [-0.3, -0.25) is 14.4 Å². The van der Waals surface area contributed by atoms with Crippen molar-refractivity contribution >= 4 is 23.3 Å². The zero-order valence-corrected chi connectivity index (χ0v) is 11.8. The normalized spacial score (nSPS) is 19.8. The Hall–Kier alpha value is -2.24. The summed E-state index contributed by atoms with van der Waals surface area (Å²) < 4.78 is 18.7. The lowest BCUT2D eigenvalue weighted by molar-refractivity contribution is -0.144. The van der Waals surface area contributed by atoms with Crippen LogP contribution in [0.4, 0.5) is 10.1 Å². The van der Waals surface area contributed by atoms with Gasteiger partial charge in [-0.2, -0.15) is 0 Å². The van der Waals surface area contributed by atoms with E-state index in [1.807, 2.05) is 6.92 Å². The van der Waals surface area contributed by atoms with Gasteiger partial charge < -0.3 is 10.1 Å². The van der Waals surface area contributed by atoms with Crippen LogP contribution in [0.1, 0.15) is 30.6 Å². The van der Waals surface area contributed by atoms with Gasteiger partial charge in [-0.15, -0.1) is 0 Å². The highest BCUT2D eigenvalue weighted by molar-refractivity contribution is 5.99. The minimum Gasteiger partial charge on any atom is -0.457 e. The Morgan fingerprint density at radius 2 is 2.05 bits per heavy atom. The fourth-order valence-corrected chi connectivity index (χ4v) is 1.99. The molecule has 1 aromatic rings. The number of halogens is 1. The molecule has 5 nitrogen and oxygen atoms in total. The average molecular weight is 293 g/mol. The lowest BCUT2D eigenvalue weighted by atomic mass is 10.1. The van der Waals surface area contributed by atoms with Crippen molar-refractivity contribution < 1.29 is 23.5 Å². The van der Waals surface area contributed by atoms with Gasteiger partial charge >= 0.3 is 5.97 Å². The predicted molar refractivity (Wildman–Crippen MR) is 73.3 cm³/mol. The van der Waals surface area contributed by atoms with Crippen LogP contribution in [0.3, 0.4) is 0 Å². The molecule has 2 rings (SSSR count). The number of Topliss-reactive ketones (excluding diaryl/α,β-unsaturated/α-hetero) is 1. The van der Waals surface area contributed by atoms with E-state index in [2.05, 4.69) is 5.32 Å². The molecule has 1 amide bonds. The molecule has 0 bridgehead atoms. The third-order valence-electron chi connectivity index (χ3n) is 3.35. The van der Waals surface area contributed by atoms with Gasteiger partial charge in [0.15, 0.2) is 6.61 Å². The maximum atomic E-state index is 13.8. The van der Waals surface area contributed by atoms with Gasteiger partial charge in [-0.1, -0.05) is 6.92 Å². The first-order valence-electron chi connectivity index (χ1n) is 6.65. The molecule has 1 saturated carbocycles. The summed E-state index contributed by atoms with van der Waals surface area (Å²) in [5.41, 5.74) is 0.0982. The van der Waals surface area contributed by atoms with Crippen LogP contribution in [0.2, 0.25) is 0 Å². The van der Waals surface area contributed by atoms with Crippen LogP contribution in [0, 0.1) is 17.7 Å². The van der Waals surface area contributed by atoms with E-state index in [0.29, 0.717) is 5.92 Å². The molecule has 1 N–H and O–H groups in total. The van der Waals surface area contributed by atoms with E-state index in [4.69, 9.17) is 4.74 Å². The van der Waals surface area contributed by atoms with Crippen molar-refractivity contribution in [2.24, 2.45) is 11.8 Å². The molecule has 0 spiro atoms. The Kier molecular flexibility index (Phi) is 4.35. The summed E-state index contributed by atoms with van der Waals surface area (Å²) in [5, 5.41) is 2.41. The van der Waals surface area contributed by atoms with Gasteiger partial charge in [0.25, 0.3) is 0 Å². The molecule has 0 saturated heterocycles. The first-order valence-corrected chi connectivity index (χ1v) is 6.65. The summed E-state index contributed by atoms with van der Waals surface area (Å²) in [6.07, 6.45) is 0.771. The molecule has 2 unspecified atom stereocenters. The van der Waals surface area contributed by atoms with Gasteiger partial charge in [0.2, 0.25) is 11.7 Å². The molecule has 0 heterocycles. The number of hydrogen-bond acceptors (Lipinski definition) is 4. The Morgan fingerprint density at radius 1 is 1.38 bits per heavy atom. The standard InChI is InChI=1S/C15H16FNO4/c1-8-5-12(8)15(20)21-7-14(19)11-4-3-10(6-13(11)16)17-9(2)18/h3-4,6,8,12H,5,7H2,1-2H3,(H,17,18). The SMILES string of the molecule is CC(=O)Nc1ccc(C(=O)COC(=O)C2CC2C)c(F)c1. The Labute approximate surface area is 121 Å². The number of nitrogens with one attached hydrogen (secondary N) is 1. The zero-order chi connectivity index (χ0) is 15.6. The van der Waals surface area contributed by atoms with Gasteiger partial charge in [-0.25, -0.2) is 4.39 Å². The smallest absolute Gasteiger partial charge is 0.309 e. The highest BCUT2D eigenvalue weighted by Crippen LogP contribution is 2.38. The van der Waals surface area contributed by atoms with Crippen LogP contribution in [-0.4, -0.2) is 24.3 Å². The summed E-state index contributed by atoms with van der Waals surface area (Å²) in [4.78, 5) is 34.2. The number of carbonyl (C=O) groups excluding carboxylic acids is 3. The number of benzene rings is 1. The quantitative estimate of drug-likeness (QED) is 0.667. The van der Waals surface area contributed by atoms with Crippen LogP contribution < -0.4 is 5.32 Å². The van der Waals surface area contributed by atoms with Crippen LogP contribution in [0.5, 0.6) is 0 Å². The van der Waals surface area contributed by atoms with Gasteiger partial charge in [0, 0.05) is 12.6 Å². The third kappa shape index (κ3) is 3.87. The molecule has 0 radical (unpaired) electrons. The van der Waals surface area contributed by atoms with Crippen molar-refractivity contribution in [3.05, 3.63) is 29.6 Å². The minimum atomic E-state index is -0.762. The lowest BCUT2D eigenvalue weighted by Crippen LogP contribution is -2.17. The maximum Gasteiger partial charge on any atom is 0.309 e. The van der Waals surface area contributed by atoms with Crippen molar-refractivity contribution in [3.63, 3.8) is 0 Å². The van der Waals surface area contributed by atoms with E-state index in [1.165, 1.54) is 19.1 Å². The Balaban J connectivity index is 1.95. The molecule has 1 aliphatic carbocycles. The second kappa shape index (κ2) is 6.03.